The van der Waals surface area contributed by atoms with Crippen LogP contribution in [0.4, 0.5) is 5.82 Å². The highest BCUT2D eigenvalue weighted by Gasteiger charge is 2.28. The molecule has 186 valence electrons. The zero-order valence-corrected chi connectivity index (χ0v) is 18.8. The Morgan fingerprint density at radius 2 is 1.60 bits per heavy atom. The molecule has 12 heteroatoms. The Hall–Kier alpha value is -4.48. The molecule has 0 saturated carbocycles. The molecule has 1 aromatic carbocycles. The van der Waals surface area contributed by atoms with Crippen molar-refractivity contribution in [2.75, 3.05) is 12.3 Å². The Balaban J connectivity index is 1.89. The van der Waals surface area contributed by atoms with Crippen molar-refractivity contribution in [2.45, 2.75) is 37.8 Å². The van der Waals surface area contributed by atoms with E-state index in [4.69, 9.17) is 10.8 Å². The molecule has 2 unspecified atom stereocenters. The van der Waals surface area contributed by atoms with Gasteiger partial charge in [0.2, 0.25) is 17.7 Å². The SMILES string of the molecule is Nc1cccc(CCC(=O)NCC(=O)NC(CC(=O)O)C(=O)NC(Cc2ccccc2)C(=O)O)n1. The molecule has 2 rings (SSSR count). The van der Waals surface area contributed by atoms with E-state index in [-0.39, 0.29) is 12.8 Å². The van der Waals surface area contributed by atoms with Gasteiger partial charge in [0, 0.05) is 18.5 Å². The third kappa shape index (κ3) is 9.90. The lowest BCUT2D eigenvalue weighted by Gasteiger charge is -2.20. The Morgan fingerprint density at radius 3 is 2.23 bits per heavy atom. The number of amides is 3. The number of aliphatic carboxylic acids is 2. The molecule has 3 amide bonds. The largest absolute Gasteiger partial charge is 0.481 e. The van der Waals surface area contributed by atoms with Gasteiger partial charge in [-0.3, -0.25) is 19.2 Å². The lowest BCUT2D eigenvalue weighted by atomic mass is 10.1. The van der Waals surface area contributed by atoms with Gasteiger partial charge in [-0.25, -0.2) is 9.78 Å². The predicted octanol–water partition coefficient (Wildman–Crippen LogP) is -0.516. The number of carbonyl (C=O) groups excluding carboxylic acids is 3. The lowest BCUT2D eigenvalue weighted by Crippen LogP contribution is -2.54. The molecule has 2 atom stereocenters. The van der Waals surface area contributed by atoms with E-state index in [0.717, 1.165) is 0 Å². The fourth-order valence-electron chi connectivity index (χ4n) is 3.10. The second-order valence-corrected chi connectivity index (χ2v) is 7.64. The van der Waals surface area contributed by atoms with Crippen LogP contribution in [0.3, 0.4) is 0 Å². The van der Waals surface area contributed by atoms with Crippen LogP contribution in [0.15, 0.2) is 48.5 Å². The summed E-state index contributed by atoms with van der Waals surface area (Å²) in [6, 6.07) is 10.7. The number of pyridine rings is 1. The summed E-state index contributed by atoms with van der Waals surface area (Å²) in [5, 5.41) is 25.4. The number of rotatable bonds is 13. The quantitative estimate of drug-likeness (QED) is 0.216. The van der Waals surface area contributed by atoms with Crippen LogP contribution in [0.25, 0.3) is 0 Å². The van der Waals surface area contributed by atoms with Crippen LogP contribution >= 0.6 is 0 Å². The maximum absolute atomic E-state index is 12.6. The van der Waals surface area contributed by atoms with E-state index in [1.807, 2.05) is 0 Å². The number of nitrogens with one attached hydrogen (secondary N) is 3. The molecule has 7 N–H and O–H groups in total. The fraction of sp³-hybridized carbons (Fsp3) is 0.304. The lowest BCUT2D eigenvalue weighted by molar-refractivity contribution is -0.143. The molecule has 12 nitrogen and oxygen atoms in total. The van der Waals surface area contributed by atoms with Crippen molar-refractivity contribution in [3.63, 3.8) is 0 Å². The molecule has 0 saturated heterocycles. The minimum Gasteiger partial charge on any atom is -0.481 e. The number of carboxylic acids is 2. The maximum Gasteiger partial charge on any atom is 0.326 e. The number of nitrogen functional groups attached to an aromatic ring is 1. The minimum absolute atomic E-state index is 0.0303. The van der Waals surface area contributed by atoms with Crippen molar-refractivity contribution in [3.05, 3.63) is 59.8 Å². The maximum atomic E-state index is 12.6. The average molecular weight is 485 g/mol. The van der Waals surface area contributed by atoms with Crippen molar-refractivity contribution in [1.82, 2.24) is 20.9 Å². The first-order valence-corrected chi connectivity index (χ1v) is 10.7. The molecule has 0 fully saturated rings. The fourth-order valence-corrected chi connectivity index (χ4v) is 3.10. The van der Waals surface area contributed by atoms with Gasteiger partial charge in [0.1, 0.15) is 17.9 Å². The van der Waals surface area contributed by atoms with Crippen molar-refractivity contribution < 1.29 is 34.2 Å². The molecular formula is C23H27N5O7. The first-order valence-electron chi connectivity index (χ1n) is 10.7. The van der Waals surface area contributed by atoms with Crippen molar-refractivity contribution >= 4 is 35.5 Å². The molecule has 0 aliphatic heterocycles. The van der Waals surface area contributed by atoms with E-state index in [2.05, 4.69) is 20.9 Å². The first-order chi connectivity index (χ1) is 16.6. The van der Waals surface area contributed by atoms with Crippen molar-refractivity contribution in [1.29, 1.82) is 0 Å². The van der Waals surface area contributed by atoms with Crippen LogP contribution in [-0.4, -0.2) is 63.5 Å². The highest BCUT2D eigenvalue weighted by atomic mass is 16.4. The summed E-state index contributed by atoms with van der Waals surface area (Å²) in [5.41, 5.74) is 6.83. The number of hydrogen-bond donors (Lipinski definition) is 6. The smallest absolute Gasteiger partial charge is 0.326 e. The summed E-state index contributed by atoms with van der Waals surface area (Å²) >= 11 is 0. The van der Waals surface area contributed by atoms with Gasteiger partial charge in [-0.05, 0) is 24.1 Å². The highest BCUT2D eigenvalue weighted by Crippen LogP contribution is 2.05. The topological polar surface area (TPSA) is 201 Å². The molecule has 0 aliphatic rings. The number of aromatic nitrogens is 1. The number of benzene rings is 1. The number of nitrogens with two attached hydrogens (primary N) is 1. The number of hydrogen-bond acceptors (Lipinski definition) is 7. The number of carbonyl (C=O) groups is 5. The van der Waals surface area contributed by atoms with Gasteiger partial charge in [0.05, 0.1) is 13.0 Å². The third-order valence-corrected chi connectivity index (χ3v) is 4.81. The Bertz CT molecular complexity index is 1060. The monoisotopic (exact) mass is 485 g/mol. The Labute approximate surface area is 200 Å². The molecular weight excluding hydrogens is 458 g/mol. The summed E-state index contributed by atoms with van der Waals surface area (Å²) in [6.07, 6.45) is -0.485. The van der Waals surface area contributed by atoms with Crippen LogP contribution in [0.5, 0.6) is 0 Å². The zero-order chi connectivity index (χ0) is 25.8. The predicted molar refractivity (Wildman–Crippen MR) is 124 cm³/mol. The van der Waals surface area contributed by atoms with E-state index in [1.165, 1.54) is 0 Å². The normalized spacial score (nSPS) is 12.1. The van der Waals surface area contributed by atoms with Crippen molar-refractivity contribution in [3.8, 4) is 0 Å². The molecule has 0 aliphatic carbocycles. The molecule has 0 radical (unpaired) electrons. The van der Waals surface area contributed by atoms with Gasteiger partial charge in [0.25, 0.3) is 0 Å². The van der Waals surface area contributed by atoms with E-state index < -0.39 is 54.7 Å². The van der Waals surface area contributed by atoms with Gasteiger partial charge in [0.15, 0.2) is 0 Å². The minimum atomic E-state index is -1.54. The first kappa shape index (κ1) is 26.8. The van der Waals surface area contributed by atoms with Gasteiger partial charge < -0.3 is 31.9 Å². The van der Waals surface area contributed by atoms with Crippen molar-refractivity contribution in [2.24, 2.45) is 0 Å². The summed E-state index contributed by atoms with van der Waals surface area (Å²) in [6.45, 7) is -0.501. The molecule has 1 aromatic heterocycles. The number of aryl methyl sites for hydroxylation is 1. The van der Waals surface area contributed by atoms with Crippen LogP contribution in [0, 0.1) is 0 Å². The van der Waals surface area contributed by atoms with E-state index in [1.54, 1.807) is 48.5 Å². The Kier molecular flexibility index (Phi) is 10.2. The van der Waals surface area contributed by atoms with Crippen LogP contribution in [0.1, 0.15) is 24.1 Å². The highest BCUT2D eigenvalue weighted by molar-refractivity contribution is 5.94. The molecule has 0 bridgehead atoms. The summed E-state index contributed by atoms with van der Waals surface area (Å²) in [4.78, 5) is 63.7. The summed E-state index contributed by atoms with van der Waals surface area (Å²) < 4.78 is 0. The second kappa shape index (κ2) is 13.3. The average Bonchev–Trinajstić information content (AvgIpc) is 2.81. The van der Waals surface area contributed by atoms with Gasteiger partial charge in [-0.1, -0.05) is 36.4 Å². The van der Waals surface area contributed by atoms with Gasteiger partial charge >= 0.3 is 11.9 Å². The summed E-state index contributed by atoms with van der Waals surface area (Å²) in [7, 11) is 0. The standard InChI is InChI=1S/C23H27N5O7/c24-18-8-4-7-15(26-18)9-10-19(29)25-13-20(30)27-16(12-21(31)32)22(33)28-17(23(34)35)11-14-5-2-1-3-6-14/h1-8,16-17H,9-13H2,(H2,24,26)(H,25,29)(H,27,30)(H,28,33)(H,31,32)(H,34,35). The van der Waals surface area contributed by atoms with Crippen LogP contribution < -0.4 is 21.7 Å². The Morgan fingerprint density at radius 1 is 0.886 bits per heavy atom. The van der Waals surface area contributed by atoms with E-state index in [9.17, 15) is 29.1 Å². The molecule has 2 aromatic rings. The van der Waals surface area contributed by atoms with Crippen LogP contribution in [-0.2, 0) is 36.8 Å². The van der Waals surface area contributed by atoms with E-state index in [0.29, 0.717) is 23.5 Å². The number of anilines is 1. The molecule has 35 heavy (non-hydrogen) atoms. The van der Waals surface area contributed by atoms with E-state index >= 15 is 0 Å². The summed E-state index contributed by atoms with van der Waals surface area (Å²) in [5.74, 6) is -4.61. The molecule has 0 spiro atoms. The number of nitrogens with zero attached hydrogens (tertiary/aromatic N) is 1. The molecule has 1 heterocycles. The van der Waals surface area contributed by atoms with Gasteiger partial charge in [-0.2, -0.15) is 0 Å². The van der Waals surface area contributed by atoms with Gasteiger partial charge in [-0.15, -0.1) is 0 Å². The second-order valence-electron chi connectivity index (χ2n) is 7.64. The third-order valence-electron chi connectivity index (χ3n) is 4.81. The number of carboxylic acid groups (broad SMARTS) is 2. The van der Waals surface area contributed by atoms with Crippen LogP contribution in [0.2, 0.25) is 0 Å². The zero-order valence-electron chi connectivity index (χ0n) is 18.8.